The topological polar surface area (TPSA) is 95.3 Å². The van der Waals surface area contributed by atoms with Gasteiger partial charge in [0.25, 0.3) is 5.91 Å². The highest BCUT2D eigenvalue weighted by Crippen LogP contribution is 2.35. The number of aromatic nitrogens is 6. The van der Waals surface area contributed by atoms with Gasteiger partial charge in [0, 0.05) is 45.1 Å². The lowest BCUT2D eigenvalue weighted by Crippen LogP contribution is -2.38. The molecule has 1 N–H and O–H groups in total. The van der Waals surface area contributed by atoms with Crippen LogP contribution in [0.5, 0.6) is 0 Å². The van der Waals surface area contributed by atoms with E-state index in [0.29, 0.717) is 35.0 Å². The van der Waals surface area contributed by atoms with Crippen molar-refractivity contribution < 1.29 is 9.18 Å². The Bertz CT molecular complexity index is 1290. The number of nitrogens with zero attached hydrogens (tertiary/aromatic N) is 7. The summed E-state index contributed by atoms with van der Waals surface area (Å²) >= 11 is 0. The molecule has 0 bridgehead atoms. The first kappa shape index (κ1) is 19.2. The summed E-state index contributed by atoms with van der Waals surface area (Å²) in [7, 11) is 3.38. The first-order valence-electron chi connectivity index (χ1n) is 9.92. The van der Waals surface area contributed by atoms with Gasteiger partial charge in [0.1, 0.15) is 17.4 Å². The molecule has 9 nitrogen and oxygen atoms in total. The zero-order valence-electron chi connectivity index (χ0n) is 17.4. The molecule has 0 unspecified atom stereocenters. The number of carbonyl (C=O) groups is 1. The van der Waals surface area contributed by atoms with Crippen molar-refractivity contribution in [2.45, 2.75) is 19.4 Å². The minimum absolute atomic E-state index is 0.148. The fourth-order valence-corrected chi connectivity index (χ4v) is 3.97. The summed E-state index contributed by atoms with van der Waals surface area (Å²) in [6, 6.07) is 4.37. The highest BCUT2D eigenvalue weighted by Gasteiger charge is 2.35. The van der Waals surface area contributed by atoms with Gasteiger partial charge in [-0.1, -0.05) is 0 Å². The Hall–Kier alpha value is -3.82. The summed E-state index contributed by atoms with van der Waals surface area (Å²) in [5.41, 5.74) is 3.91. The fourth-order valence-electron chi connectivity index (χ4n) is 3.97. The third-order valence-corrected chi connectivity index (χ3v) is 5.53. The van der Waals surface area contributed by atoms with Crippen molar-refractivity contribution in [2.24, 2.45) is 0 Å². The standard InChI is InChI=1S/C21H21FN8O/c1-12-13(20(31)28(2)3)10-23-21(26-12)29-8-6-15-18(25-11-24-15)19(29)16-9-17-14(22)5-4-7-30(17)27-16/h4-5,7,9-11,19H,6,8H2,1-3H3,(H,24,25)/t19-/m1/s1. The monoisotopic (exact) mass is 420 g/mol. The number of anilines is 1. The first-order valence-corrected chi connectivity index (χ1v) is 9.92. The summed E-state index contributed by atoms with van der Waals surface area (Å²) in [5.74, 6) is -0.0156. The molecule has 0 aromatic carbocycles. The van der Waals surface area contributed by atoms with Crippen molar-refractivity contribution in [2.75, 3.05) is 25.5 Å². The van der Waals surface area contributed by atoms with Crippen LogP contribution in [0.4, 0.5) is 10.3 Å². The SMILES string of the molecule is Cc1nc(N2CCc3[nH]cnc3[C@H]2c2cc3c(F)cccn3n2)ncc1C(=O)N(C)C. The quantitative estimate of drug-likeness (QED) is 0.546. The molecule has 0 saturated heterocycles. The molecule has 5 heterocycles. The van der Waals surface area contributed by atoms with Crippen molar-refractivity contribution in [1.29, 1.82) is 0 Å². The molecular formula is C21H21FN8O. The van der Waals surface area contributed by atoms with E-state index < -0.39 is 0 Å². The number of H-pyrrole nitrogens is 1. The molecule has 5 rings (SSSR count). The van der Waals surface area contributed by atoms with Gasteiger partial charge in [-0.05, 0) is 25.1 Å². The summed E-state index contributed by atoms with van der Waals surface area (Å²) in [4.78, 5) is 32.7. The number of hydrogen-bond acceptors (Lipinski definition) is 6. The van der Waals surface area contributed by atoms with Crippen molar-refractivity contribution in [1.82, 2.24) is 34.4 Å². The Labute approximate surface area is 177 Å². The second-order valence-corrected chi connectivity index (χ2v) is 7.74. The van der Waals surface area contributed by atoms with Crippen LogP contribution in [0.1, 0.15) is 39.2 Å². The molecule has 1 atom stereocenters. The van der Waals surface area contributed by atoms with E-state index in [2.05, 4.69) is 25.0 Å². The van der Waals surface area contributed by atoms with Crippen LogP contribution in [0.2, 0.25) is 0 Å². The lowest BCUT2D eigenvalue weighted by molar-refractivity contribution is 0.0826. The van der Waals surface area contributed by atoms with Crippen molar-refractivity contribution >= 4 is 17.4 Å². The first-order chi connectivity index (χ1) is 14.9. The zero-order valence-corrected chi connectivity index (χ0v) is 17.4. The molecule has 1 aliphatic heterocycles. The van der Waals surface area contributed by atoms with E-state index in [0.717, 1.165) is 17.8 Å². The number of carbonyl (C=O) groups excluding carboxylic acids is 1. The van der Waals surface area contributed by atoms with E-state index in [1.807, 2.05) is 4.90 Å². The molecule has 0 fully saturated rings. The number of nitrogens with one attached hydrogen (secondary N) is 1. The largest absolute Gasteiger partial charge is 0.348 e. The maximum atomic E-state index is 14.3. The van der Waals surface area contributed by atoms with E-state index in [1.54, 1.807) is 51.9 Å². The number of rotatable bonds is 3. The lowest BCUT2D eigenvalue weighted by Gasteiger charge is -2.34. The van der Waals surface area contributed by atoms with Crippen LogP contribution in [0, 0.1) is 12.7 Å². The molecule has 1 amide bonds. The van der Waals surface area contributed by atoms with Gasteiger partial charge in [0.15, 0.2) is 0 Å². The molecule has 0 aliphatic carbocycles. The maximum Gasteiger partial charge on any atom is 0.256 e. The van der Waals surface area contributed by atoms with Gasteiger partial charge < -0.3 is 14.8 Å². The van der Waals surface area contributed by atoms with E-state index in [1.165, 1.54) is 15.5 Å². The van der Waals surface area contributed by atoms with E-state index in [9.17, 15) is 9.18 Å². The summed E-state index contributed by atoms with van der Waals surface area (Å²) in [6.45, 7) is 2.41. The molecule has 31 heavy (non-hydrogen) atoms. The summed E-state index contributed by atoms with van der Waals surface area (Å²) in [5, 5.41) is 4.61. The average molecular weight is 420 g/mol. The molecular weight excluding hydrogens is 399 g/mol. The minimum atomic E-state index is -0.385. The van der Waals surface area contributed by atoms with Gasteiger partial charge in [-0.3, -0.25) is 4.79 Å². The molecule has 0 saturated carbocycles. The van der Waals surface area contributed by atoms with Gasteiger partial charge in [0.05, 0.1) is 29.0 Å². The van der Waals surface area contributed by atoms with Crippen LogP contribution in [0.15, 0.2) is 36.9 Å². The molecule has 4 aromatic heterocycles. The normalized spacial score (nSPS) is 15.9. The van der Waals surface area contributed by atoms with Crippen molar-refractivity contribution in [3.05, 3.63) is 71.1 Å². The third-order valence-electron chi connectivity index (χ3n) is 5.53. The van der Waals surface area contributed by atoms with E-state index in [-0.39, 0.29) is 17.8 Å². The van der Waals surface area contributed by atoms with Crippen LogP contribution in [-0.4, -0.2) is 61.0 Å². The van der Waals surface area contributed by atoms with Crippen LogP contribution >= 0.6 is 0 Å². The Morgan fingerprint density at radius 3 is 2.90 bits per heavy atom. The zero-order chi connectivity index (χ0) is 21.7. The van der Waals surface area contributed by atoms with E-state index >= 15 is 0 Å². The Morgan fingerprint density at radius 1 is 1.32 bits per heavy atom. The number of fused-ring (bicyclic) bond motifs is 2. The van der Waals surface area contributed by atoms with E-state index in [4.69, 9.17) is 0 Å². The van der Waals surface area contributed by atoms with Crippen molar-refractivity contribution in [3.63, 3.8) is 0 Å². The average Bonchev–Trinajstić information content (AvgIpc) is 3.40. The van der Waals surface area contributed by atoms with Crippen LogP contribution < -0.4 is 4.90 Å². The molecule has 4 aromatic rings. The highest BCUT2D eigenvalue weighted by molar-refractivity contribution is 5.94. The van der Waals surface area contributed by atoms with Gasteiger partial charge in [-0.25, -0.2) is 23.9 Å². The van der Waals surface area contributed by atoms with Crippen LogP contribution in [-0.2, 0) is 6.42 Å². The minimum Gasteiger partial charge on any atom is -0.348 e. The van der Waals surface area contributed by atoms with Crippen molar-refractivity contribution in [3.8, 4) is 0 Å². The maximum absolute atomic E-state index is 14.3. The van der Waals surface area contributed by atoms with Gasteiger partial charge in [-0.2, -0.15) is 5.10 Å². The number of halogens is 1. The highest BCUT2D eigenvalue weighted by atomic mass is 19.1. The Kier molecular flexibility index (Phi) is 4.42. The smallest absolute Gasteiger partial charge is 0.256 e. The number of aryl methyl sites for hydroxylation is 1. The number of pyridine rings is 1. The second kappa shape index (κ2) is 7.15. The second-order valence-electron chi connectivity index (χ2n) is 7.74. The summed E-state index contributed by atoms with van der Waals surface area (Å²) < 4.78 is 15.8. The predicted molar refractivity (Wildman–Crippen MR) is 111 cm³/mol. The van der Waals surface area contributed by atoms with Gasteiger partial charge in [-0.15, -0.1) is 0 Å². The molecule has 0 spiro atoms. The Balaban J connectivity index is 1.61. The predicted octanol–water partition coefficient (Wildman–Crippen LogP) is 2.15. The third kappa shape index (κ3) is 3.11. The number of amides is 1. The van der Waals surface area contributed by atoms with Crippen LogP contribution in [0.25, 0.3) is 5.52 Å². The fraction of sp³-hybridized carbons (Fsp3) is 0.286. The number of aromatic amines is 1. The number of hydrogen-bond donors (Lipinski definition) is 1. The lowest BCUT2D eigenvalue weighted by atomic mass is 10.00. The molecule has 1 aliphatic rings. The Morgan fingerprint density at radius 2 is 2.16 bits per heavy atom. The van der Waals surface area contributed by atoms with Crippen LogP contribution in [0.3, 0.4) is 0 Å². The molecule has 158 valence electrons. The molecule has 10 heteroatoms. The summed E-state index contributed by atoms with van der Waals surface area (Å²) in [6.07, 6.45) is 5.65. The molecule has 0 radical (unpaired) electrons. The van der Waals surface area contributed by atoms with Gasteiger partial charge in [0.2, 0.25) is 5.95 Å². The number of imidazole rings is 1. The van der Waals surface area contributed by atoms with Gasteiger partial charge >= 0.3 is 0 Å².